The Morgan fingerprint density at radius 1 is 1.07 bits per heavy atom. The summed E-state index contributed by atoms with van der Waals surface area (Å²) in [6.45, 7) is 1.33. The largest absolute Gasteiger partial charge is 0.416 e. The first-order valence-corrected chi connectivity index (χ1v) is 9.24. The molecular weight excluding hydrogens is 372 g/mol. The van der Waals surface area contributed by atoms with Crippen LogP contribution in [0.2, 0.25) is 0 Å². The van der Waals surface area contributed by atoms with Crippen LogP contribution in [0.5, 0.6) is 0 Å². The Kier molecular flexibility index (Phi) is 6.34. The van der Waals surface area contributed by atoms with Gasteiger partial charge in [0.15, 0.2) is 0 Å². The fraction of sp³-hybridized carbons (Fsp3) is 0.381. The van der Waals surface area contributed by atoms with Crippen molar-refractivity contribution in [1.82, 2.24) is 10.2 Å². The molecule has 0 bridgehead atoms. The molecular formula is C21H22F4N2O. The number of benzene rings is 2. The number of nitrogens with zero attached hydrogens (tertiary/aromatic N) is 1. The van der Waals surface area contributed by atoms with Gasteiger partial charge in [-0.15, -0.1) is 0 Å². The lowest BCUT2D eigenvalue weighted by molar-refractivity contribution is -0.137. The van der Waals surface area contributed by atoms with Crippen molar-refractivity contribution < 1.29 is 22.4 Å². The zero-order valence-electron chi connectivity index (χ0n) is 15.3. The average molecular weight is 394 g/mol. The fourth-order valence-electron chi connectivity index (χ4n) is 3.44. The van der Waals surface area contributed by atoms with Crippen molar-refractivity contribution in [2.24, 2.45) is 0 Å². The number of hydrogen-bond acceptors (Lipinski definition) is 2. The first-order chi connectivity index (χ1) is 13.3. The van der Waals surface area contributed by atoms with Crippen LogP contribution < -0.4 is 5.32 Å². The van der Waals surface area contributed by atoms with Gasteiger partial charge in [0.25, 0.3) is 0 Å². The summed E-state index contributed by atoms with van der Waals surface area (Å²) in [7, 11) is 0. The van der Waals surface area contributed by atoms with Crippen molar-refractivity contribution >= 4 is 5.91 Å². The van der Waals surface area contributed by atoms with Crippen molar-refractivity contribution in [3.8, 4) is 0 Å². The van der Waals surface area contributed by atoms with Gasteiger partial charge < -0.3 is 10.2 Å². The summed E-state index contributed by atoms with van der Waals surface area (Å²) in [6.07, 6.45) is -2.49. The predicted octanol–water partition coefficient (Wildman–Crippen LogP) is 4.52. The molecule has 1 heterocycles. The molecule has 1 saturated heterocycles. The summed E-state index contributed by atoms with van der Waals surface area (Å²) in [5.74, 6) is -0.242. The number of rotatable bonds is 7. The zero-order valence-corrected chi connectivity index (χ0v) is 15.3. The van der Waals surface area contributed by atoms with Crippen LogP contribution in [0.1, 0.15) is 36.0 Å². The predicted molar refractivity (Wildman–Crippen MR) is 97.7 cm³/mol. The van der Waals surface area contributed by atoms with Crippen LogP contribution in [0, 0.1) is 5.82 Å². The molecule has 1 aliphatic rings. The molecule has 1 amide bonds. The second-order valence-electron chi connectivity index (χ2n) is 6.97. The van der Waals surface area contributed by atoms with E-state index in [4.69, 9.17) is 0 Å². The quantitative estimate of drug-likeness (QED) is 0.553. The van der Waals surface area contributed by atoms with Crippen LogP contribution in [0.4, 0.5) is 17.6 Å². The van der Waals surface area contributed by atoms with E-state index in [1.807, 2.05) is 0 Å². The second-order valence-corrected chi connectivity index (χ2v) is 6.97. The topological polar surface area (TPSA) is 32.3 Å². The van der Waals surface area contributed by atoms with Crippen LogP contribution in [-0.2, 0) is 24.1 Å². The minimum absolute atomic E-state index is 0.0130. The third-order valence-corrected chi connectivity index (χ3v) is 5.01. The van der Waals surface area contributed by atoms with Gasteiger partial charge in [0.05, 0.1) is 5.56 Å². The highest BCUT2D eigenvalue weighted by atomic mass is 19.4. The number of nitrogens with one attached hydrogen (secondary N) is 1. The molecule has 0 spiro atoms. The average Bonchev–Trinajstić information content (AvgIpc) is 3.00. The Hall–Kier alpha value is -2.41. The number of alkyl halides is 3. The minimum atomic E-state index is -4.37. The monoisotopic (exact) mass is 394 g/mol. The number of halogens is 4. The van der Waals surface area contributed by atoms with Crippen LogP contribution in [0.15, 0.2) is 48.5 Å². The summed E-state index contributed by atoms with van der Waals surface area (Å²) in [5.41, 5.74) is 0.567. The van der Waals surface area contributed by atoms with Crippen molar-refractivity contribution in [1.29, 1.82) is 0 Å². The maximum Gasteiger partial charge on any atom is 0.416 e. The van der Waals surface area contributed by atoms with Crippen molar-refractivity contribution in [3.05, 3.63) is 71.0 Å². The SMILES string of the molecule is O=C1CC[C@H](CCNCc2ccccc2F)N1Cc1ccc(C(F)(F)F)cc1. The van der Waals surface area contributed by atoms with Gasteiger partial charge in [-0.1, -0.05) is 30.3 Å². The third kappa shape index (κ3) is 5.10. The first kappa shape index (κ1) is 20.3. The second kappa shape index (κ2) is 8.73. The number of hydrogen-bond donors (Lipinski definition) is 1. The Morgan fingerprint density at radius 2 is 1.79 bits per heavy atom. The molecule has 0 aromatic heterocycles. The summed E-state index contributed by atoms with van der Waals surface area (Å²) in [4.78, 5) is 13.9. The maximum absolute atomic E-state index is 13.6. The van der Waals surface area contributed by atoms with E-state index < -0.39 is 11.7 Å². The Bertz CT molecular complexity index is 805. The molecule has 1 N–H and O–H groups in total. The van der Waals surface area contributed by atoms with Crippen molar-refractivity contribution in [2.75, 3.05) is 6.54 Å². The molecule has 0 radical (unpaired) electrons. The van der Waals surface area contributed by atoms with Crippen molar-refractivity contribution in [3.63, 3.8) is 0 Å². The number of amides is 1. The molecule has 1 fully saturated rings. The molecule has 1 atom stereocenters. The van der Waals surface area contributed by atoms with Gasteiger partial charge in [0, 0.05) is 31.1 Å². The highest BCUT2D eigenvalue weighted by Gasteiger charge is 2.32. The highest BCUT2D eigenvalue weighted by molar-refractivity contribution is 5.78. The molecule has 3 nitrogen and oxygen atoms in total. The van der Waals surface area contributed by atoms with Gasteiger partial charge >= 0.3 is 6.18 Å². The van der Waals surface area contributed by atoms with E-state index in [2.05, 4.69) is 5.32 Å². The van der Waals surface area contributed by atoms with E-state index in [-0.39, 0.29) is 17.8 Å². The lowest BCUT2D eigenvalue weighted by Gasteiger charge is -2.25. The Morgan fingerprint density at radius 3 is 2.46 bits per heavy atom. The highest BCUT2D eigenvalue weighted by Crippen LogP contribution is 2.30. The van der Waals surface area contributed by atoms with Gasteiger partial charge in [-0.2, -0.15) is 13.2 Å². The molecule has 28 heavy (non-hydrogen) atoms. The molecule has 0 saturated carbocycles. The van der Waals surface area contributed by atoms with E-state index in [0.717, 1.165) is 18.6 Å². The van der Waals surface area contributed by atoms with Crippen LogP contribution in [0.25, 0.3) is 0 Å². The van der Waals surface area contributed by atoms with E-state index >= 15 is 0 Å². The molecule has 7 heteroatoms. The summed E-state index contributed by atoms with van der Waals surface area (Å²) < 4.78 is 51.6. The van der Waals surface area contributed by atoms with E-state index in [1.54, 1.807) is 23.1 Å². The molecule has 2 aromatic rings. The summed E-state index contributed by atoms with van der Waals surface area (Å²) >= 11 is 0. The molecule has 3 rings (SSSR count). The molecule has 150 valence electrons. The van der Waals surface area contributed by atoms with Gasteiger partial charge in [-0.05, 0) is 43.1 Å². The minimum Gasteiger partial charge on any atom is -0.335 e. The van der Waals surface area contributed by atoms with E-state index in [9.17, 15) is 22.4 Å². The standard InChI is InChI=1S/C21H22F4N2O/c22-19-4-2-1-3-16(19)13-26-12-11-18-9-10-20(28)27(18)14-15-5-7-17(8-6-15)21(23,24)25/h1-8,18,26H,9-14H2/t18-/m1/s1. The molecule has 0 aliphatic carbocycles. The smallest absolute Gasteiger partial charge is 0.335 e. The molecule has 2 aromatic carbocycles. The van der Waals surface area contributed by atoms with Gasteiger partial charge in [0.2, 0.25) is 5.91 Å². The zero-order chi connectivity index (χ0) is 20.1. The lowest BCUT2D eigenvalue weighted by atomic mass is 10.1. The summed E-state index contributed by atoms with van der Waals surface area (Å²) in [5, 5.41) is 3.19. The number of carbonyl (C=O) groups is 1. The first-order valence-electron chi connectivity index (χ1n) is 9.24. The summed E-state index contributed by atoms with van der Waals surface area (Å²) in [6, 6.07) is 11.5. The van der Waals surface area contributed by atoms with Crippen LogP contribution in [-0.4, -0.2) is 23.4 Å². The number of carbonyl (C=O) groups excluding carboxylic acids is 1. The Balaban J connectivity index is 1.52. The van der Waals surface area contributed by atoms with Crippen LogP contribution >= 0.6 is 0 Å². The maximum atomic E-state index is 13.6. The van der Waals surface area contributed by atoms with Crippen molar-refractivity contribution in [2.45, 2.75) is 44.6 Å². The Labute approximate surface area is 161 Å². The van der Waals surface area contributed by atoms with Gasteiger partial charge in [-0.25, -0.2) is 4.39 Å². The van der Waals surface area contributed by atoms with E-state index in [0.29, 0.717) is 43.6 Å². The molecule has 0 unspecified atom stereocenters. The normalized spacial score (nSPS) is 17.4. The van der Waals surface area contributed by atoms with Crippen LogP contribution in [0.3, 0.4) is 0 Å². The number of likely N-dealkylation sites (tertiary alicyclic amines) is 1. The fourth-order valence-corrected chi connectivity index (χ4v) is 3.44. The van der Waals surface area contributed by atoms with E-state index in [1.165, 1.54) is 18.2 Å². The van der Waals surface area contributed by atoms with Gasteiger partial charge in [-0.3, -0.25) is 4.79 Å². The third-order valence-electron chi connectivity index (χ3n) is 5.01. The lowest BCUT2D eigenvalue weighted by Crippen LogP contribution is -2.34. The molecule has 1 aliphatic heterocycles. The van der Waals surface area contributed by atoms with Gasteiger partial charge in [0.1, 0.15) is 5.82 Å².